The van der Waals surface area contributed by atoms with Crippen molar-refractivity contribution >= 4 is 51.1 Å². The van der Waals surface area contributed by atoms with Crippen molar-refractivity contribution in [3.05, 3.63) is 28.0 Å². The SMILES string of the molecule is CN(c1nc2n[nH]c(-c3ccc4nn(C)c(Cl)c4c3Cl)c2nc1CO)[C@@H]1CC[C@H](F)[C@@H](N)C1. The second kappa shape index (κ2) is 8.35. The maximum absolute atomic E-state index is 13.8. The van der Waals surface area contributed by atoms with Gasteiger partial charge < -0.3 is 15.7 Å². The lowest BCUT2D eigenvalue weighted by Gasteiger charge is -2.36. The van der Waals surface area contributed by atoms with Crippen LogP contribution in [0.2, 0.25) is 10.2 Å². The largest absolute Gasteiger partial charge is 0.390 e. The van der Waals surface area contributed by atoms with Crippen LogP contribution in [0, 0.1) is 0 Å². The zero-order chi connectivity index (χ0) is 23.4. The number of hydrogen-bond acceptors (Lipinski definition) is 7. The topological polar surface area (TPSA) is 122 Å². The molecule has 33 heavy (non-hydrogen) atoms. The Labute approximate surface area is 198 Å². The van der Waals surface area contributed by atoms with Crippen molar-refractivity contribution in [1.29, 1.82) is 0 Å². The molecule has 1 aromatic carbocycles. The maximum atomic E-state index is 13.8. The van der Waals surface area contributed by atoms with E-state index in [1.807, 2.05) is 24.1 Å². The number of nitrogens with zero attached hydrogens (tertiary/aromatic N) is 6. The van der Waals surface area contributed by atoms with Gasteiger partial charge in [0.05, 0.1) is 28.2 Å². The number of rotatable bonds is 4. The van der Waals surface area contributed by atoms with Gasteiger partial charge in [0.25, 0.3) is 0 Å². The number of aliphatic hydroxyl groups is 1. The van der Waals surface area contributed by atoms with E-state index in [2.05, 4.69) is 25.3 Å². The minimum absolute atomic E-state index is 0.00737. The number of hydrogen-bond donors (Lipinski definition) is 3. The number of benzene rings is 1. The molecule has 0 bridgehead atoms. The number of aromatic amines is 1. The van der Waals surface area contributed by atoms with Crippen LogP contribution in [-0.2, 0) is 13.7 Å². The molecule has 0 spiro atoms. The number of aryl methyl sites for hydroxylation is 1. The average Bonchev–Trinajstić information content (AvgIpc) is 3.34. The highest BCUT2D eigenvalue weighted by molar-refractivity contribution is 6.43. The highest BCUT2D eigenvalue weighted by Crippen LogP contribution is 2.39. The quantitative estimate of drug-likeness (QED) is 0.399. The van der Waals surface area contributed by atoms with Gasteiger partial charge in [0.15, 0.2) is 5.82 Å². The summed E-state index contributed by atoms with van der Waals surface area (Å²) < 4.78 is 15.4. The summed E-state index contributed by atoms with van der Waals surface area (Å²) in [5.74, 6) is 0.495. The molecule has 12 heteroatoms. The molecule has 1 aliphatic carbocycles. The molecule has 0 saturated heterocycles. The third kappa shape index (κ3) is 3.61. The zero-order valence-corrected chi connectivity index (χ0v) is 19.6. The van der Waals surface area contributed by atoms with Gasteiger partial charge in [-0.15, -0.1) is 0 Å². The molecule has 3 atom stereocenters. The summed E-state index contributed by atoms with van der Waals surface area (Å²) in [4.78, 5) is 11.2. The normalized spacial score (nSPS) is 21.2. The van der Waals surface area contributed by atoms with Gasteiger partial charge in [-0.05, 0) is 31.4 Å². The third-order valence-electron chi connectivity index (χ3n) is 6.39. The van der Waals surface area contributed by atoms with E-state index in [0.29, 0.717) is 74.3 Å². The fourth-order valence-electron chi connectivity index (χ4n) is 4.51. The summed E-state index contributed by atoms with van der Waals surface area (Å²) in [5.41, 5.74) is 9.07. The maximum Gasteiger partial charge on any atom is 0.202 e. The van der Waals surface area contributed by atoms with E-state index >= 15 is 0 Å². The summed E-state index contributed by atoms with van der Waals surface area (Å²) in [5, 5.41) is 23.2. The lowest BCUT2D eigenvalue weighted by molar-refractivity contribution is 0.201. The monoisotopic (exact) mass is 492 g/mol. The predicted molar refractivity (Wildman–Crippen MR) is 126 cm³/mol. The molecule has 9 nitrogen and oxygen atoms in total. The molecule has 1 saturated carbocycles. The van der Waals surface area contributed by atoms with Crippen LogP contribution in [0.3, 0.4) is 0 Å². The Kier molecular flexibility index (Phi) is 5.64. The van der Waals surface area contributed by atoms with Crippen molar-refractivity contribution < 1.29 is 9.50 Å². The Balaban J connectivity index is 1.58. The first-order valence-electron chi connectivity index (χ1n) is 10.6. The van der Waals surface area contributed by atoms with Gasteiger partial charge in [-0.3, -0.25) is 9.78 Å². The van der Waals surface area contributed by atoms with Gasteiger partial charge in [0.1, 0.15) is 22.5 Å². The van der Waals surface area contributed by atoms with Crippen molar-refractivity contribution in [2.24, 2.45) is 12.8 Å². The second-order valence-corrected chi connectivity index (χ2v) is 9.15. The Bertz CT molecular complexity index is 1360. The van der Waals surface area contributed by atoms with Crippen LogP contribution in [0.1, 0.15) is 25.0 Å². The smallest absolute Gasteiger partial charge is 0.202 e. The van der Waals surface area contributed by atoms with Crippen molar-refractivity contribution in [2.45, 2.75) is 44.1 Å². The Hall–Kier alpha value is -2.53. The molecule has 3 heterocycles. The summed E-state index contributed by atoms with van der Waals surface area (Å²) in [6, 6.07) is 3.11. The van der Waals surface area contributed by atoms with E-state index in [-0.39, 0.29) is 12.6 Å². The minimum atomic E-state index is -0.996. The second-order valence-electron chi connectivity index (χ2n) is 8.42. The summed E-state index contributed by atoms with van der Waals surface area (Å²) >= 11 is 13.1. The Morgan fingerprint density at radius 3 is 2.82 bits per heavy atom. The third-order valence-corrected chi connectivity index (χ3v) is 7.22. The highest BCUT2D eigenvalue weighted by atomic mass is 35.5. The summed E-state index contributed by atoms with van der Waals surface area (Å²) in [7, 11) is 3.60. The lowest BCUT2D eigenvalue weighted by Crippen LogP contribution is -2.46. The molecule has 4 aromatic rings. The van der Waals surface area contributed by atoms with Crippen LogP contribution in [0.25, 0.3) is 33.3 Å². The van der Waals surface area contributed by atoms with Crippen LogP contribution in [0.15, 0.2) is 12.1 Å². The molecular formula is C21H23Cl2FN8O. The van der Waals surface area contributed by atoms with Crippen molar-refractivity contribution in [2.75, 3.05) is 11.9 Å². The standard InChI is InChI=1S/C21H23Cl2FN8O/c1-31(9-3-5-11(24)12(25)7-9)21-14(8-33)26-18-17(28-29-20(18)27-21)10-4-6-13-15(16(10)22)19(23)32(2)30-13/h4,6,9,11-12,33H,3,5,7-8,25H2,1-2H3,(H,27,28,29)/t9-,11+,12+/m1/s1. The van der Waals surface area contributed by atoms with Gasteiger partial charge in [0.2, 0.25) is 5.65 Å². The van der Waals surface area contributed by atoms with Crippen LogP contribution in [-0.4, -0.2) is 60.4 Å². The average molecular weight is 493 g/mol. The molecule has 3 aromatic heterocycles. The number of nitrogens with two attached hydrogens (primary N) is 1. The van der Waals surface area contributed by atoms with E-state index in [9.17, 15) is 9.50 Å². The van der Waals surface area contributed by atoms with Crippen molar-refractivity contribution in [1.82, 2.24) is 29.9 Å². The van der Waals surface area contributed by atoms with Crippen LogP contribution in [0.5, 0.6) is 0 Å². The number of aromatic nitrogens is 6. The lowest BCUT2D eigenvalue weighted by atomic mass is 9.89. The molecule has 174 valence electrons. The van der Waals surface area contributed by atoms with Crippen LogP contribution in [0.4, 0.5) is 10.2 Å². The number of H-pyrrole nitrogens is 1. The first-order valence-corrected chi connectivity index (χ1v) is 11.3. The van der Waals surface area contributed by atoms with Gasteiger partial charge >= 0.3 is 0 Å². The van der Waals surface area contributed by atoms with E-state index in [1.165, 1.54) is 0 Å². The molecular weight excluding hydrogens is 470 g/mol. The fraction of sp³-hybridized carbons (Fsp3) is 0.429. The number of aliphatic hydroxyl groups excluding tert-OH is 1. The molecule has 0 unspecified atom stereocenters. The highest BCUT2D eigenvalue weighted by Gasteiger charge is 2.32. The summed E-state index contributed by atoms with van der Waals surface area (Å²) in [6.45, 7) is -0.320. The Morgan fingerprint density at radius 2 is 2.09 bits per heavy atom. The molecule has 5 rings (SSSR count). The van der Waals surface area contributed by atoms with Crippen molar-refractivity contribution in [3.63, 3.8) is 0 Å². The number of anilines is 1. The molecule has 0 aliphatic heterocycles. The molecule has 1 fully saturated rings. The molecule has 0 amide bonds. The molecule has 1 aliphatic rings. The van der Waals surface area contributed by atoms with Gasteiger partial charge in [-0.1, -0.05) is 23.2 Å². The van der Waals surface area contributed by atoms with Crippen LogP contribution < -0.4 is 10.6 Å². The van der Waals surface area contributed by atoms with E-state index in [0.717, 1.165) is 0 Å². The van der Waals surface area contributed by atoms with Gasteiger partial charge in [0, 0.05) is 31.7 Å². The van der Waals surface area contributed by atoms with Gasteiger partial charge in [-0.2, -0.15) is 10.2 Å². The first kappa shape index (κ1) is 22.3. The van der Waals surface area contributed by atoms with E-state index < -0.39 is 12.2 Å². The first-order chi connectivity index (χ1) is 15.8. The predicted octanol–water partition coefficient (Wildman–Crippen LogP) is 3.36. The number of nitrogens with one attached hydrogen (secondary N) is 1. The number of alkyl halides is 1. The Morgan fingerprint density at radius 1 is 1.30 bits per heavy atom. The van der Waals surface area contributed by atoms with Gasteiger partial charge in [-0.25, -0.2) is 14.4 Å². The molecule has 0 radical (unpaired) electrons. The number of fused-ring (bicyclic) bond motifs is 2. The summed E-state index contributed by atoms with van der Waals surface area (Å²) in [6.07, 6.45) is 0.536. The van der Waals surface area contributed by atoms with E-state index in [4.69, 9.17) is 28.9 Å². The molecule has 4 N–H and O–H groups in total. The van der Waals surface area contributed by atoms with Crippen LogP contribution >= 0.6 is 23.2 Å². The number of halogens is 3. The zero-order valence-electron chi connectivity index (χ0n) is 18.1. The van der Waals surface area contributed by atoms with E-state index in [1.54, 1.807) is 11.7 Å². The van der Waals surface area contributed by atoms with Crippen molar-refractivity contribution in [3.8, 4) is 11.3 Å². The fourth-order valence-corrected chi connectivity index (χ4v) is 5.13. The minimum Gasteiger partial charge on any atom is -0.390 e.